The molecule has 0 amide bonds. The van der Waals surface area contributed by atoms with E-state index in [1.165, 1.54) is 52.4 Å². The van der Waals surface area contributed by atoms with Gasteiger partial charge in [-0.05, 0) is 19.3 Å². The van der Waals surface area contributed by atoms with Crippen molar-refractivity contribution in [2.24, 2.45) is 0 Å². The van der Waals surface area contributed by atoms with Gasteiger partial charge in [-0.2, -0.15) is 0 Å². The van der Waals surface area contributed by atoms with Crippen molar-refractivity contribution in [2.45, 2.75) is 19.3 Å². The van der Waals surface area contributed by atoms with E-state index in [1.807, 2.05) is 0 Å². The van der Waals surface area contributed by atoms with Gasteiger partial charge in [0, 0.05) is 38.1 Å². The maximum Gasteiger partial charge on any atom is 0.0882 e. The molecule has 2 aliphatic rings. The van der Waals surface area contributed by atoms with Crippen LogP contribution in [0.25, 0.3) is 0 Å². The molecule has 6 N–H and O–H groups in total. The van der Waals surface area contributed by atoms with Crippen LogP contribution in [-0.4, -0.2) is 64.3 Å². The van der Waals surface area contributed by atoms with Gasteiger partial charge in [-0.25, -0.2) is 0 Å². The number of quaternary nitrogens is 2. The number of rotatable bonds is 4. The zero-order valence-corrected chi connectivity index (χ0v) is 12.6. The van der Waals surface area contributed by atoms with Crippen molar-refractivity contribution < 1.29 is 30.4 Å². The van der Waals surface area contributed by atoms with E-state index in [9.17, 15) is 19.8 Å². The molecule has 0 atom stereocenters. The molecule has 0 aromatic rings. The predicted octanol–water partition coefficient (Wildman–Crippen LogP) is -6.04. The summed E-state index contributed by atoms with van der Waals surface area (Å²) in [4.78, 5) is 19.3. The van der Waals surface area contributed by atoms with Crippen molar-refractivity contribution in [3.8, 4) is 0 Å². The first-order chi connectivity index (χ1) is 10.1. The fourth-order valence-electron chi connectivity index (χ4n) is 1.73. The smallest absolute Gasteiger partial charge is 0.0882 e. The number of nitrogens with two attached hydrogens (primary N) is 2. The normalized spacial score (nSPS) is 17.5. The van der Waals surface area contributed by atoms with E-state index in [-0.39, 0.29) is 19.3 Å². The van der Waals surface area contributed by atoms with Crippen LogP contribution in [0.15, 0.2) is 0 Å². The summed E-state index contributed by atoms with van der Waals surface area (Å²) in [6.07, 6.45) is -0.341. The molecule has 2 saturated heterocycles. The number of carboxylic acid groups (broad SMARTS) is 2. The van der Waals surface area contributed by atoms with Gasteiger partial charge in [-0.15, -0.1) is 0 Å². The molecule has 21 heavy (non-hydrogen) atoms. The molecule has 2 aliphatic heterocycles. The Labute approximate surface area is 125 Å². The Balaban J connectivity index is 0.000000293. The van der Waals surface area contributed by atoms with Gasteiger partial charge in [-0.3, -0.25) is 0 Å². The molecule has 8 heteroatoms. The highest BCUT2D eigenvalue weighted by Gasteiger charge is 1.96. The average Bonchev–Trinajstić information content (AvgIpc) is 2.51. The fraction of sp³-hybridized carbons (Fsp3) is 0.846. The van der Waals surface area contributed by atoms with Crippen LogP contribution in [0.3, 0.4) is 0 Å². The SMILES string of the molecule is C1C[NH2+]CCN1.C1C[NH2+]CCN1.O=C([O-])CCCC(=O)[O-]. The largest absolute Gasteiger partial charge is 0.550 e. The number of piperazine rings is 2. The maximum atomic E-state index is 9.66. The first-order valence-electron chi connectivity index (χ1n) is 7.57. The van der Waals surface area contributed by atoms with E-state index in [0.717, 1.165) is 0 Å². The summed E-state index contributed by atoms with van der Waals surface area (Å²) >= 11 is 0. The molecule has 0 saturated carbocycles. The lowest BCUT2D eigenvalue weighted by atomic mass is 10.2. The lowest BCUT2D eigenvalue weighted by molar-refractivity contribution is -0.657. The predicted molar refractivity (Wildman–Crippen MR) is 72.9 cm³/mol. The van der Waals surface area contributed by atoms with E-state index in [2.05, 4.69) is 21.3 Å². The molecule has 2 fully saturated rings. The standard InChI is InChI=1S/C5H8O4.2C4H10N2/c6-4(7)2-1-3-5(8)9;2*1-2-6-4-3-5-1/h1-3H2,(H,6,7)(H,8,9);2*5-6H,1-4H2. The number of carboxylic acids is 2. The summed E-state index contributed by atoms with van der Waals surface area (Å²) < 4.78 is 0. The quantitative estimate of drug-likeness (QED) is 0.408. The van der Waals surface area contributed by atoms with Crippen LogP contribution in [0.1, 0.15) is 19.3 Å². The van der Waals surface area contributed by atoms with E-state index in [1.54, 1.807) is 0 Å². The number of aliphatic carboxylic acids is 2. The minimum absolute atomic E-state index is 0.0880. The molecule has 124 valence electrons. The van der Waals surface area contributed by atoms with Gasteiger partial charge in [0.05, 0.1) is 26.2 Å². The highest BCUT2D eigenvalue weighted by Crippen LogP contribution is 1.90. The first kappa shape index (κ1) is 19.8. The lowest BCUT2D eigenvalue weighted by Crippen LogP contribution is -2.89. The molecule has 0 spiro atoms. The minimum atomic E-state index is -1.23. The average molecular weight is 304 g/mol. The second kappa shape index (κ2) is 15.2. The number of carbonyl (C=O) groups is 2. The first-order valence-corrected chi connectivity index (χ1v) is 7.57. The van der Waals surface area contributed by atoms with E-state index in [4.69, 9.17) is 0 Å². The third-order valence-electron chi connectivity index (χ3n) is 2.86. The van der Waals surface area contributed by atoms with Crippen LogP contribution in [0.4, 0.5) is 0 Å². The molecular weight excluding hydrogens is 276 g/mol. The Morgan fingerprint density at radius 1 is 0.762 bits per heavy atom. The molecule has 0 radical (unpaired) electrons. The molecule has 0 aliphatic carbocycles. The third-order valence-corrected chi connectivity index (χ3v) is 2.86. The van der Waals surface area contributed by atoms with E-state index >= 15 is 0 Å². The van der Waals surface area contributed by atoms with Gasteiger partial charge in [0.15, 0.2) is 0 Å². The zero-order valence-electron chi connectivity index (χ0n) is 12.6. The summed E-state index contributed by atoms with van der Waals surface area (Å²) in [5.41, 5.74) is 0. The summed E-state index contributed by atoms with van der Waals surface area (Å²) in [6, 6.07) is 0. The van der Waals surface area contributed by atoms with Gasteiger partial charge >= 0.3 is 0 Å². The minimum Gasteiger partial charge on any atom is -0.550 e. The van der Waals surface area contributed by atoms with Crippen LogP contribution in [0.2, 0.25) is 0 Å². The second-order valence-electron chi connectivity index (χ2n) is 4.83. The van der Waals surface area contributed by atoms with Gasteiger partial charge in [-0.1, -0.05) is 0 Å². The molecule has 0 unspecified atom stereocenters. The number of carbonyl (C=O) groups excluding carboxylic acids is 2. The molecule has 8 nitrogen and oxygen atoms in total. The Bertz CT molecular complexity index is 220. The number of nitrogens with one attached hydrogen (secondary N) is 2. The summed E-state index contributed by atoms with van der Waals surface area (Å²) in [6.45, 7) is 9.83. The van der Waals surface area contributed by atoms with Crippen molar-refractivity contribution in [2.75, 3.05) is 52.4 Å². The Morgan fingerprint density at radius 2 is 1.10 bits per heavy atom. The van der Waals surface area contributed by atoms with Crippen molar-refractivity contribution in [1.29, 1.82) is 0 Å². The van der Waals surface area contributed by atoms with Crippen LogP contribution in [-0.2, 0) is 9.59 Å². The molecule has 0 aromatic carbocycles. The van der Waals surface area contributed by atoms with Crippen molar-refractivity contribution in [1.82, 2.24) is 10.6 Å². The topological polar surface area (TPSA) is 138 Å². The van der Waals surface area contributed by atoms with Crippen LogP contribution in [0.5, 0.6) is 0 Å². The number of hydrogen-bond donors (Lipinski definition) is 4. The van der Waals surface area contributed by atoms with Gasteiger partial charge in [0.25, 0.3) is 0 Å². The molecule has 2 heterocycles. The Hall–Kier alpha value is -1.22. The van der Waals surface area contributed by atoms with Gasteiger partial charge in [0.1, 0.15) is 0 Å². The van der Waals surface area contributed by atoms with Gasteiger partial charge in [0.2, 0.25) is 0 Å². The number of hydrogen-bond acceptors (Lipinski definition) is 6. The summed E-state index contributed by atoms with van der Waals surface area (Å²) in [7, 11) is 0. The fourth-order valence-corrected chi connectivity index (χ4v) is 1.73. The van der Waals surface area contributed by atoms with Crippen molar-refractivity contribution in [3.63, 3.8) is 0 Å². The maximum absolute atomic E-state index is 9.66. The molecule has 0 aromatic heterocycles. The highest BCUT2D eigenvalue weighted by atomic mass is 16.4. The molecule has 2 rings (SSSR count). The van der Waals surface area contributed by atoms with E-state index in [0.29, 0.717) is 0 Å². The highest BCUT2D eigenvalue weighted by molar-refractivity contribution is 5.67. The van der Waals surface area contributed by atoms with Gasteiger partial charge < -0.3 is 41.1 Å². The van der Waals surface area contributed by atoms with Crippen LogP contribution in [0, 0.1) is 0 Å². The monoisotopic (exact) mass is 304 g/mol. The molecule has 0 bridgehead atoms. The summed E-state index contributed by atoms with van der Waals surface area (Å²) in [5, 5.41) is 30.5. The van der Waals surface area contributed by atoms with Crippen LogP contribution >= 0.6 is 0 Å². The van der Waals surface area contributed by atoms with Crippen molar-refractivity contribution in [3.05, 3.63) is 0 Å². The van der Waals surface area contributed by atoms with Crippen molar-refractivity contribution >= 4 is 11.9 Å². The summed E-state index contributed by atoms with van der Waals surface area (Å²) in [5.74, 6) is -2.45. The zero-order chi connectivity index (χ0) is 15.8. The van der Waals surface area contributed by atoms with Crippen LogP contribution < -0.4 is 31.5 Å². The third kappa shape index (κ3) is 18.8. The Kier molecular flexibility index (Phi) is 14.3. The van der Waals surface area contributed by atoms with E-state index < -0.39 is 11.9 Å². The Morgan fingerprint density at radius 3 is 1.24 bits per heavy atom. The second-order valence-corrected chi connectivity index (χ2v) is 4.83. The lowest BCUT2D eigenvalue weighted by Gasteiger charge is -2.07. The molecular formula is C13H28N4O4.